The molecule has 2 heterocycles. The SMILES string of the molecule is CCC(OC)OCCCC[n+]1cccc(C(=O)O)c1.CCCCCCCCCCCCCCCC1CCNC(=O)O1.[Br-]. The second-order valence-electron chi connectivity index (χ2n) is 11.1. The van der Waals surface area contributed by atoms with E-state index in [9.17, 15) is 9.59 Å². The predicted molar refractivity (Wildman–Crippen MR) is 163 cm³/mol. The molecular weight excluding hydrogens is 600 g/mol. The van der Waals surface area contributed by atoms with Gasteiger partial charge in [-0.3, -0.25) is 0 Å². The third-order valence-corrected chi connectivity index (χ3v) is 7.45. The number of nitrogens with one attached hydrogen (secondary N) is 1. The summed E-state index contributed by atoms with van der Waals surface area (Å²) in [6, 6.07) is 3.34. The molecule has 42 heavy (non-hydrogen) atoms. The van der Waals surface area contributed by atoms with E-state index in [2.05, 4.69) is 12.2 Å². The van der Waals surface area contributed by atoms with Crippen molar-refractivity contribution in [2.45, 2.75) is 148 Å². The lowest BCUT2D eigenvalue weighted by molar-refractivity contribution is -0.697. The number of carbonyl (C=O) groups excluding carboxylic acids is 1. The minimum Gasteiger partial charge on any atom is -1.00 e. The summed E-state index contributed by atoms with van der Waals surface area (Å²) in [5.74, 6) is -0.899. The van der Waals surface area contributed by atoms with Crippen LogP contribution in [0, 0.1) is 0 Å². The molecular formula is C33H59BrN2O6. The lowest BCUT2D eigenvalue weighted by Crippen LogP contribution is -3.00. The number of hydrogen-bond donors (Lipinski definition) is 2. The predicted octanol–water partition coefficient (Wildman–Crippen LogP) is 4.82. The van der Waals surface area contributed by atoms with E-state index in [1.54, 1.807) is 25.4 Å². The molecule has 1 aliphatic heterocycles. The van der Waals surface area contributed by atoms with Gasteiger partial charge in [-0.2, -0.15) is 0 Å². The standard InChI is InChI=1S/C19H37NO2.C14H21NO4.BrH/c1-2-3-4-5-6-7-8-9-10-11-12-13-14-15-18-16-17-20-19(21)22-18;1-3-13(18-2)19-10-5-4-8-15-9-6-7-12(11-15)14(16)17;/h18H,2-17H2,1H3,(H,20,21);6-7,9,11,13H,3-5,8,10H2,1-2H3;1H. The highest BCUT2D eigenvalue weighted by molar-refractivity contribution is 5.86. The van der Waals surface area contributed by atoms with Gasteiger partial charge >= 0.3 is 12.1 Å². The van der Waals surface area contributed by atoms with Crippen LogP contribution >= 0.6 is 0 Å². The van der Waals surface area contributed by atoms with Crippen LogP contribution in [0.1, 0.15) is 140 Å². The second kappa shape index (κ2) is 28.1. The number of aromatic nitrogens is 1. The van der Waals surface area contributed by atoms with E-state index < -0.39 is 5.97 Å². The zero-order valence-corrected chi connectivity index (χ0v) is 28.2. The number of hydrogen-bond acceptors (Lipinski definition) is 5. The Labute approximate surface area is 266 Å². The first-order chi connectivity index (χ1) is 20.0. The van der Waals surface area contributed by atoms with Gasteiger partial charge in [0.25, 0.3) is 0 Å². The maximum absolute atomic E-state index is 11.1. The van der Waals surface area contributed by atoms with E-state index in [1.807, 2.05) is 17.7 Å². The Hall–Kier alpha value is -1.71. The average Bonchev–Trinajstić information content (AvgIpc) is 2.98. The number of halogens is 1. The molecule has 2 unspecified atom stereocenters. The summed E-state index contributed by atoms with van der Waals surface area (Å²) >= 11 is 0. The number of alkyl carbamates (subject to hydrolysis) is 1. The molecule has 0 saturated carbocycles. The van der Waals surface area contributed by atoms with Crippen LogP contribution in [-0.2, 0) is 20.8 Å². The van der Waals surface area contributed by atoms with E-state index in [1.165, 1.54) is 83.5 Å². The van der Waals surface area contributed by atoms with Crippen LogP contribution in [0.2, 0.25) is 0 Å². The number of amides is 1. The number of ether oxygens (including phenoxy) is 3. The number of carboxylic acid groups (broad SMARTS) is 1. The number of unbranched alkanes of at least 4 members (excludes halogenated alkanes) is 13. The molecule has 2 N–H and O–H groups in total. The smallest absolute Gasteiger partial charge is 0.407 e. The van der Waals surface area contributed by atoms with Gasteiger partial charge in [-0.05, 0) is 31.7 Å². The van der Waals surface area contributed by atoms with E-state index in [4.69, 9.17) is 19.3 Å². The minimum atomic E-state index is -0.899. The number of rotatable bonds is 23. The Kier molecular flexibility index (Phi) is 26.9. The Morgan fingerprint density at radius 1 is 1.00 bits per heavy atom. The Morgan fingerprint density at radius 2 is 1.62 bits per heavy atom. The number of cyclic esters (lactones) is 1. The Morgan fingerprint density at radius 3 is 2.17 bits per heavy atom. The number of carbonyl (C=O) groups is 2. The van der Waals surface area contributed by atoms with Crippen LogP contribution < -0.4 is 26.9 Å². The summed E-state index contributed by atoms with van der Waals surface area (Å²) in [5, 5.41) is 11.6. The molecule has 9 heteroatoms. The van der Waals surface area contributed by atoms with E-state index >= 15 is 0 Å². The summed E-state index contributed by atoms with van der Waals surface area (Å²) in [5.41, 5.74) is 0.309. The second-order valence-corrected chi connectivity index (χ2v) is 11.1. The lowest BCUT2D eigenvalue weighted by atomic mass is 10.0. The summed E-state index contributed by atoms with van der Waals surface area (Å²) in [7, 11) is 1.64. The van der Waals surface area contributed by atoms with E-state index in [-0.39, 0.29) is 35.5 Å². The van der Waals surface area contributed by atoms with Crippen molar-refractivity contribution in [1.82, 2.24) is 5.32 Å². The first kappa shape index (κ1) is 40.3. The maximum atomic E-state index is 11.1. The molecule has 1 amide bonds. The molecule has 0 aromatic carbocycles. The molecule has 1 aromatic heterocycles. The fraction of sp³-hybridized carbons (Fsp3) is 0.788. The van der Waals surface area contributed by atoms with Crippen molar-refractivity contribution >= 4 is 12.1 Å². The molecule has 1 saturated heterocycles. The molecule has 0 aliphatic carbocycles. The van der Waals surface area contributed by atoms with Gasteiger partial charge < -0.3 is 41.6 Å². The summed E-state index contributed by atoms with van der Waals surface area (Å²) in [6.45, 7) is 6.52. The van der Waals surface area contributed by atoms with Crippen molar-refractivity contribution in [3.8, 4) is 0 Å². The van der Waals surface area contributed by atoms with E-state index in [0.717, 1.165) is 45.2 Å². The fourth-order valence-corrected chi connectivity index (χ4v) is 4.93. The largest absolute Gasteiger partial charge is 1.00 e. The van der Waals surface area contributed by atoms with Gasteiger partial charge in [0.05, 0.1) is 0 Å². The number of aromatic carboxylic acids is 1. The van der Waals surface area contributed by atoms with Crippen molar-refractivity contribution in [1.29, 1.82) is 0 Å². The molecule has 0 radical (unpaired) electrons. The number of nitrogens with zero attached hydrogens (tertiary/aromatic N) is 1. The van der Waals surface area contributed by atoms with Gasteiger partial charge in [0.2, 0.25) is 0 Å². The van der Waals surface area contributed by atoms with Gasteiger partial charge in [0.1, 0.15) is 18.2 Å². The van der Waals surface area contributed by atoms with Crippen molar-refractivity contribution in [3.05, 3.63) is 30.1 Å². The Balaban J connectivity index is 0.000000790. The van der Waals surface area contributed by atoms with Crippen molar-refractivity contribution in [3.63, 3.8) is 0 Å². The highest BCUT2D eigenvalue weighted by atomic mass is 79.9. The average molecular weight is 660 g/mol. The first-order valence-corrected chi connectivity index (χ1v) is 16.3. The number of methoxy groups -OCH3 is 1. The van der Waals surface area contributed by atoms with Crippen LogP contribution in [-0.4, -0.2) is 49.8 Å². The van der Waals surface area contributed by atoms with Crippen LogP contribution in [0.25, 0.3) is 0 Å². The summed E-state index contributed by atoms with van der Waals surface area (Å²) < 4.78 is 17.8. The molecule has 1 aliphatic rings. The quantitative estimate of drug-likeness (QED) is 0.0994. The maximum Gasteiger partial charge on any atom is 0.407 e. The zero-order chi connectivity index (χ0) is 30.0. The van der Waals surface area contributed by atoms with Crippen LogP contribution in [0.4, 0.5) is 4.79 Å². The highest BCUT2D eigenvalue weighted by Gasteiger charge is 2.18. The monoisotopic (exact) mass is 658 g/mol. The van der Waals surface area contributed by atoms with Crippen LogP contribution in [0.3, 0.4) is 0 Å². The van der Waals surface area contributed by atoms with Gasteiger partial charge in [-0.25, -0.2) is 14.2 Å². The molecule has 2 rings (SSSR count). The topological polar surface area (TPSA) is 98.0 Å². The zero-order valence-electron chi connectivity index (χ0n) is 26.6. The van der Waals surface area contributed by atoms with Crippen molar-refractivity contribution in [2.75, 3.05) is 20.3 Å². The lowest BCUT2D eigenvalue weighted by Gasteiger charge is -2.22. The number of pyridine rings is 1. The number of aryl methyl sites for hydroxylation is 1. The fourth-order valence-electron chi connectivity index (χ4n) is 4.93. The van der Waals surface area contributed by atoms with Crippen LogP contribution in [0.15, 0.2) is 24.5 Å². The van der Waals surface area contributed by atoms with Gasteiger partial charge in [0, 0.05) is 39.2 Å². The molecule has 8 nitrogen and oxygen atoms in total. The van der Waals surface area contributed by atoms with Crippen LogP contribution in [0.5, 0.6) is 0 Å². The molecule has 244 valence electrons. The summed E-state index contributed by atoms with van der Waals surface area (Å²) in [6.07, 6.45) is 26.0. The third-order valence-electron chi connectivity index (χ3n) is 7.45. The highest BCUT2D eigenvalue weighted by Crippen LogP contribution is 2.16. The van der Waals surface area contributed by atoms with Gasteiger partial charge in [0.15, 0.2) is 18.7 Å². The molecule has 0 spiro atoms. The molecule has 2 atom stereocenters. The number of carboxylic acids is 1. The molecule has 0 bridgehead atoms. The van der Waals surface area contributed by atoms with Crippen molar-refractivity contribution < 1.29 is 50.5 Å². The molecule has 1 aromatic rings. The van der Waals surface area contributed by atoms with Gasteiger partial charge in [-0.15, -0.1) is 0 Å². The van der Waals surface area contributed by atoms with E-state index in [0.29, 0.717) is 12.2 Å². The van der Waals surface area contributed by atoms with Gasteiger partial charge in [-0.1, -0.05) is 90.9 Å². The summed E-state index contributed by atoms with van der Waals surface area (Å²) in [4.78, 5) is 21.9. The Bertz CT molecular complexity index is 794. The van der Waals surface area contributed by atoms with Crippen molar-refractivity contribution in [2.24, 2.45) is 0 Å². The minimum absolute atomic E-state index is 0. The first-order valence-electron chi connectivity index (χ1n) is 16.3. The molecule has 1 fully saturated rings. The normalized spacial score (nSPS) is 15.0. The third kappa shape index (κ3) is 21.9.